The zero-order valence-electron chi connectivity index (χ0n) is 12.8. The lowest BCUT2D eigenvalue weighted by molar-refractivity contribution is 0.141. The van der Waals surface area contributed by atoms with Crippen LogP contribution in [-0.4, -0.2) is 40.0 Å². The van der Waals surface area contributed by atoms with Crippen LogP contribution in [0.3, 0.4) is 0 Å². The number of aromatic nitrogens is 2. The number of aromatic amines is 1. The summed E-state index contributed by atoms with van der Waals surface area (Å²) in [6, 6.07) is 13.5. The molecule has 24 heavy (non-hydrogen) atoms. The van der Waals surface area contributed by atoms with Crippen LogP contribution in [-0.2, 0) is 4.84 Å². The number of pyridine rings is 1. The maximum absolute atomic E-state index is 10.4. The summed E-state index contributed by atoms with van der Waals surface area (Å²) in [6.45, 7) is 0.307. The Bertz CT molecular complexity index is 825. The molecule has 0 aliphatic heterocycles. The summed E-state index contributed by atoms with van der Waals surface area (Å²) in [6.07, 6.45) is 2.39. The Kier molecular flexibility index (Phi) is 4.71. The van der Waals surface area contributed by atoms with Crippen LogP contribution >= 0.6 is 0 Å². The van der Waals surface area contributed by atoms with E-state index in [-0.39, 0.29) is 13.2 Å². The third-order valence-electron chi connectivity index (χ3n) is 3.35. The molecule has 0 bridgehead atoms. The van der Waals surface area contributed by atoms with E-state index >= 15 is 0 Å². The number of hydrogen-bond donors (Lipinski definition) is 3. The molecule has 0 aliphatic rings. The van der Waals surface area contributed by atoms with Crippen LogP contribution in [0.5, 0.6) is 0 Å². The van der Waals surface area contributed by atoms with Crippen molar-refractivity contribution < 1.29 is 14.7 Å². The van der Waals surface area contributed by atoms with Gasteiger partial charge in [0, 0.05) is 17.1 Å². The molecule has 3 N–H and O–H groups in total. The van der Waals surface area contributed by atoms with Crippen LogP contribution in [0.1, 0.15) is 11.3 Å². The van der Waals surface area contributed by atoms with Gasteiger partial charge in [0.2, 0.25) is 0 Å². The van der Waals surface area contributed by atoms with Crippen LogP contribution in [0.4, 0.5) is 4.79 Å². The number of carboxylic acid groups (broad SMARTS) is 1. The van der Waals surface area contributed by atoms with Crippen LogP contribution < -0.4 is 5.32 Å². The maximum atomic E-state index is 10.4. The molecule has 0 unspecified atom stereocenters. The Morgan fingerprint density at radius 3 is 2.88 bits per heavy atom. The number of benzene rings is 1. The van der Waals surface area contributed by atoms with Gasteiger partial charge < -0.3 is 20.2 Å². The quantitative estimate of drug-likeness (QED) is 0.368. The van der Waals surface area contributed by atoms with E-state index in [0.29, 0.717) is 5.71 Å². The van der Waals surface area contributed by atoms with Gasteiger partial charge in [-0.25, -0.2) is 4.79 Å². The average Bonchev–Trinajstić information content (AvgIpc) is 3.02. The molecule has 1 amide bonds. The van der Waals surface area contributed by atoms with Gasteiger partial charge in [0.25, 0.3) is 0 Å². The normalized spacial score (nSPS) is 11.4. The molecule has 122 valence electrons. The highest BCUT2D eigenvalue weighted by Gasteiger charge is 2.11. The molecule has 7 nitrogen and oxygen atoms in total. The van der Waals surface area contributed by atoms with Gasteiger partial charge in [-0.2, -0.15) is 0 Å². The van der Waals surface area contributed by atoms with Crippen LogP contribution in [0.25, 0.3) is 10.9 Å². The number of H-pyrrole nitrogens is 1. The number of carbonyl (C=O) groups is 1. The number of oxime groups is 1. The molecule has 0 aliphatic carbocycles. The van der Waals surface area contributed by atoms with Crippen molar-refractivity contribution in [2.75, 3.05) is 13.2 Å². The molecule has 1 aromatic carbocycles. The fraction of sp³-hybridized carbons (Fsp3) is 0.118. The Morgan fingerprint density at radius 2 is 2.12 bits per heavy atom. The molecule has 7 heteroatoms. The lowest BCUT2D eigenvalue weighted by Crippen LogP contribution is -2.24. The number of hydrogen-bond acceptors (Lipinski definition) is 4. The molecular weight excluding hydrogens is 308 g/mol. The summed E-state index contributed by atoms with van der Waals surface area (Å²) in [7, 11) is 0. The molecule has 2 heterocycles. The number of nitrogens with zero attached hydrogens (tertiary/aromatic N) is 2. The summed E-state index contributed by atoms with van der Waals surface area (Å²) < 4.78 is 0. The largest absolute Gasteiger partial charge is 0.465 e. The Hall–Kier alpha value is -3.35. The fourth-order valence-electron chi connectivity index (χ4n) is 2.27. The van der Waals surface area contributed by atoms with Crippen molar-refractivity contribution in [1.82, 2.24) is 15.3 Å². The predicted molar refractivity (Wildman–Crippen MR) is 90.2 cm³/mol. The monoisotopic (exact) mass is 324 g/mol. The van der Waals surface area contributed by atoms with Crippen molar-refractivity contribution in [3.8, 4) is 0 Å². The molecule has 2 aromatic heterocycles. The highest BCUT2D eigenvalue weighted by molar-refractivity contribution is 6.13. The van der Waals surface area contributed by atoms with Gasteiger partial charge in [-0.05, 0) is 12.1 Å². The van der Waals surface area contributed by atoms with Gasteiger partial charge in [-0.15, -0.1) is 0 Å². The molecule has 0 saturated carbocycles. The van der Waals surface area contributed by atoms with Crippen LogP contribution in [0, 0.1) is 0 Å². The van der Waals surface area contributed by atoms with Gasteiger partial charge in [-0.1, -0.05) is 35.5 Å². The van der Waals surface area contributed by atoms with Gasteiger partial charge in [-0.3, -0.25) is 4.98 Å². The van der Waals surface area contributed by atoms with E-state index in [1.807, 2.05) is 42.5 Å². The minimum atomic E-state index is -1.09. The third kappa shape index (κ3) is 3.70. The first kappa shape index (κ1) is 15.5. The first-order valence-electron chi connectivity index (χ1n) is 7.39. The molecule has 3 rings (SSSR count). The zero-order valence-corrected chi connectivity index (χ0v) is 12.8. The summed E-state index contributed by atoms with van der Waals surface area (Å²) in [4.78, 5) is 23.1. The lowest BCUT2D eigenvalue weighted by Gasteiger charge is -2.06. The molecule has 0 atom stereocenters. The second kappa shape index (κ2) is 7.28. The van der Waals surface area contributed by atoms with E-state index in [9.17, 15) is 4.79 Å². The van der Waals surface area contributed by atoms with Gasteiger partial charge >= 0.3 is 6.09 Å². The van der Waals surface area contributed by atoms with E-state index in [0.717, 1.165) is 22.2 Å². The van der Waals surface area contributed by atoms with E-state index in [1.54, 1.807) is 12.4 Å². The highest BCUT2D eigenvalue weighted by Crippen LogP contribution is 2.17. The minimum absolute atomic E-state index is 0.143. The number of nitrogens with one attached hydrogen (secondary N) is 2. The van der Waals surface area contributed by atoms with Crippen molar-refractivity contribution in [1.29, 1.82) is 0 Å². The SMILES string of the molecule is O=C(O)NCCO/N=C(\c1ccccc1)c1cc2ccncc2[nH]1. The summed E-state index contributed by atoms with van der Waals surface area (Å²) in [5.74, 6) is 0. The van der Waals surface area contributed by atoms with E-state index < -0.39 is 6.09 Å². The second-order valence-electron chi connectivity index (χ2n) is 5.02. The van der Waals surface area contributed by atoms with Crippen LogP contribution in [0.15, 0.2) is 60.0 Å². The summed E-state index contributed by atoms with van der Waals surface area (Å²) in [5.41, 5.74) is 3.24. The van der Waals surface area contributed by atoms with Crippen molar-refractivity contribution >= 4 is 22.7 Å². The number of fused-ring (bicyclic) bond motifs is 1. The smallest absolute Gasteiger partial charge is 0.404 e. The first-order chi connectivity index (χ1) is 11.7. The third-order valence-corrected chi connectivity index (χ3v) is 3.35. The molecule has 0 saturated heterocycles. The van der Waals surface area contributed by atoms with Crippen molar-refractivity contribution in [3.05, 3.63) is 66.1 Å². The fourth-order valence-corrected chi connectivity index (χ4v) is 2.27. The molecule has 0 spiro atoms. The van der Waals surface area contributed by atoms with Gasteiger partial charge in [0.1, 0.15) is 12.3 Å². The van der Waals surface area contributed by atoms with Gasteiger partial charge in [0.15, 0.2) is 0 Å². The van der Waals surface area contributed by atoms with E-state index in [4.69, 9.17) is 9.94 Å². The average molecular weight is 324 g/mol. The van der Waals surface area contributed by atoms with Crippen LogP contribution in [0.2, 0.25) is 0 Å². The second-order valence-corrected chi connectivity index (χ2v) is 5.02. The highest BCUT2D eigenvalue weighted by atomic mass is 16.6. The number of rotatable bonds is 6. The number of amides is 1. The van der Waals surface area contributed by atoms with Crippen molar-refractivity contribution in [3.63, 3.8) is 0 Å². The topological polar surface area (TPSA) is 99.6 Å². The molecule has 0 fully saturated rings. The maximum Gasteiger partial charge on any atom is 0.404 e. The standard InChI is InChI=1S/C17H16N4O3/c22-17(23)19-8-9-24-21-16(12-4-2-1-3-5-12)14-10-13-6-7-18-11-15(13)20-14/h1-7,10-11,19-20H,8-9H2,(H,22,23)/b21-16+. The van der Waals surface area contributed by atoms with E-state index in [2.05, 4.69) is 20.4 Å². The zero-order chi connectivity index (χ0) is 16.8. The minimum Gasteiger partial charge on any atom is -0.465 e. The predicted octanol–water partition coefficient (Wildman–Crippen LogP) is 2.60. The Balaban J connectivity index is 1.86. The lowest BCUT2D eigenvalue weighted by atomic mass is 10.1. The summed E-state index contributed by atoms with van der Waals surface area (Å²) >= 11 is 0. The Morgan fingerprint density at radius 1 is 1.29 bits per heavy atom. The summed E-state index contributed by atoms with van der Waals surface area (Å²) in [5, 5.41) is 16.0. The van der Waals surface area contributed by atoms with Crippen molar-refractivity contribution in [2.45, 2.75) is 0 Å². The molecular formula is C17H16N4O3. The Labute approximate surface area is 138 Å². The van der Waals surface area contributed by atoms with E-state index in [1.165, 1.54) is 0 Å². The molecule has 0 radical (unpaired) electrons. The van der Waals surface area contributed by atoms with Gasteiger partial charge in [0.05, 0.1) is 24.0 Å². The molecule has 3 aromatic rings. The first-order valence-corrected chi connectivity index (χ1v) is 7.39. The van der Waals surface area contributed by atoms with Crippen molar-refractivity contribution in [2.24, 2.45) is 5.16 Å².